The Balaban J connectivity index is 1.57. The van der Waals surface area contributed by atoms with Crippen LogP contribution >= 0.6 is 11.6 Å². The SMILES string of the molecule is CCC(=O)C1CN(C)C(=O)c2c3c(nn2C1)CCN(C(=O)Nc1ccc(F)c(Cl)c1)C3. The lowest BCUT2D eigenvalue weighted by atomic mass is 10.0. The molecule has 164 valence electrons. The van der Waals surface area contributed by atoms with E-state index >= 15 is 0 Å². The Morgan fingerprint density at radius 2 is 2.10 bits per heavy atom. The van der Waals surface area contributed by atoms with Crippen molar-refractivity contribution < 1.29 is 18.8 Å². The van der Waals surface area contributed by atoms with E-state index in [1.165, 1.54) is 18.2 Å². The summed E-state index contributed by atoms with van der Waals surface area (Å²) in [6, 6.07) is 3.59. The van der Waals surface area contributed by atoms with Crippen molar-refractivity contribution >= 4 is 35.0 Å². The number of rotatable bonds is 3. The maximum Gasteiger partial charge on any atom is 0.322 e. The molecule has 2 aliphatic heterocycles. The van der Waals surface area contributed by atoms with E-state index in [2.05, 4.69) is 10.4 Å². The van der Waals surface area contributed by atoms with Crippen LogP contribution in [0, 0.1) is 11.7 Å². The summed E-state index contributed by atoms with van der Waals surface area (Å²) >= 11 is 5.79. The monoisotopic (exact) mass is 447 g/mol. The van der Waals surface area contributed by atoms with Gasteiger partial charge in [0.15, 0.2) is 0 Å². The molecule has 2 aliphatic rings. The smallest absolute Gasteiger partial charge is 0.322 e. The minimum Gasteiger partial charge on any atom is -0.340 e. The van der Waals surface area contributed by atoms with E-state index in [9.17, 15) is 18.8 Å². The van der Waals surface area contributed by atoms with Crippen LogP contribution in [0.1, 0.15) is 35.1 Å². The van der Waals surface area contributed by atoms with Crippen LogP contribution in [0.15, 0.2) is 18.2 Å². The lowest BCUT2D eigenvalue weighted by molar-refractivity contribution is -0.123. The Labute approximate surface area is 183 Å². The predicted octanol–water partition coefficient (Wildman–Crippen LogP) is 2.95. The Morgan fingerprint density at radius 3 is 2.81 bits per heavy atom. The van der Waals surface area contributed by atoms with Crippen LogP contribution in [0.2, 0.25) is 5.02 Å². The lowest BCUT2D eigenvalue weighted by Gasteiger charge is -2.27. The minimum atomic E-state index is -0.563. The van der Waals surface area contributed by atoms with Crippen LogP contribution in [0.3, 0.4) is 0 Å². The number of nitrogens with zero attached hydrogens (tertiary/aromatic N) is 4. The predicted molar refractivity (Wildman–Crippen MR) is 113 cm³/mol. The van der Waals surface area contributed by atoms with Gasteiger partial charge in [0.2, 0.25) is 0 Å². The second kappa shape index (κ2) is 8.30. The molecule has 0 radical (unpaired) electrons. The zero-order valence-electron chi connectivity index (χ0n) is 17.3. The number of anilines is 1. The summed E-state index contributed by atoms with van der Waals surface area (Å²) in [5.74, 6) is -0.968. The van der Waals surface area contributed by atoms with E-state index in [1.807, 2.05) is 6.92 Å². The first-order valence-corrected chi connectivity index (χ1v) is 10.5. The number of nitrogens with one attached hydrogen (secondary N) is 1. The molecule has 1 aromatic heterocycles. The van der Waals surface area contributed by atoms with E-state index in [0.29, 0.717) is 49.4 Å². The summed E-state index contributed by atoms with van der Waals surface area (Å²) in [4.78, 5) is 41.3. The molecule has 1 atom stereocenters. The number of carbonyl (C=O) groups is 3. The number of hydrogen-bond acceptors (Lipinski definition) is 4. The van der Waals surface area contributed by atoms with Crippen molar-refractivity contribution in [1.82, 2.24) is 19.6 Å². The van der Waals surface area contributed by atoms with Gasteiger partial charge >= 0.3 is 6.03 Å². The molecule has 0 spiro atoms. The number of ketones is 1. The molecule has 31 heavy (non-hydrogen) atoms. The maximum atomic E-state index is 13.4. The summed E-state index contributed by atoms with van der Waals surface area (Å²) in [6.45, 7) is 3.16. The number of hydrogen-bond donors (Lipinski definition) is 1. The van der Waals surface area contributed by atoms with Gasteiger partial charge in [-0.25, -0.2) is 9.18 Å². The molecule has 10 heteroatoms. The molecular weight excluding hydrogens is 425 g/mol. The third-order valence-corrected chi connectivity index (χ3v) is 6.09. The first-order valence-electron chi connectivity index (χ1n) is 10.2. The van der Waals surface area contributed by atoms with Gasteiger partial charge in [-0.1, -0.05) is 18.5 Å². The Bertz CT molecular complexity index is 1070. The third kappa shape index (κ3) is 4.01. The van der Waals surface area contributed by atoms with Gasteiger partial charge in [0.25, 0.3) is 5.91 Å². The first-order chi connectivity index (χ1) is 14.8. The Hall–Kier alpha value is -2.94. The topological polar surface area (TPSA) is 87.5 Å². The van der Waals surface area contributed by atoms with Crippen LogP contribution in [0.5, 0.6) is 0 Å². The molecule has 1 N–H and O–H groups in total. The zero-order chi connectivity index (χ0) is 22.3. The van der Waals surface area contributed by atoms with E-state index in [0.717, 1.165) is 5.69 Å². The van der Waals surface area contributed by atoms with Crippen molar-refractivity contribution in [2.24, 2.45) is 5.92 Å². The van der Waals surface area contributed by atoms with Crippen molar-refractivity contribution in [3.63, 3.8) is 0 Å². The molecule has 0 aliphatic carbocycles. The fraction of sp³-hybridized carbons (Fsp3) is 0.429. The average molecular weight is 448 g/mol. The molecule has 0 saturated heterocycles. The number of amides is 3. The zero-order valence-corrected chi connectivity index (χ0v) is 18.1. The first kappa shape index (κ1) is 21.3. The number of carbonyl (C=O) groups excluding carboxylic acids is 3. The van der Waals surface area contributed by atoms with Gasteiger partial charge in [0.05, 0.1) is 29.7 Å². The number of benzene rings is 1. The highest BCUT2D eigenvalue weighted by molar-refractivity contribution is 6.31. The van der Waals surface area contributed by atoms with Gasteiger partial charge in [0, 0.05) is 44.2 Å². The fourth-order valence-electron chi connectivity index (χ4n) is 4.10. The largest absolute Gasteiger partial charge is 0.340 e. The van der Waals surface area contributed by atoms with Gasteiger partial charge in [-0.3, -0.25) is 14.3 Å². The van der Waals surface area contributed by atoms with E-state index < -0.39 is 5.82 Å². The molecule has 2 aromatic rings. The highest BCUT2D eigenvalue weighted by atomic mass is 35.5. The quantitative estimate of drug-likeness (QED) is 0.783. The lowest BCUT2D eigenvalue weighted by Crippen LogP contribution is -2.39. The number of fused-ring (bicyclic) bond motifs is 3. The van der Waals surface area contributed by atoms with Gasteiger partial charge < -0.3 is 15.1 Å². The Morgan fingerprint density at radius 1 is 1.32 bits per heavy atom. The molecule has 0 bridgehead atoms. The highest BCUT2D eigenvalue weighted by Crippen LogP contribution is 2.28. The molecule has 1 unspecified atom stereocenters. The van der Waals surface area contributed by atoms with Gasteiger partial charge in [-0.15, -0.1) is 0 Å². The molecule has 0 fully saturated rings. The standard InChI is InChI=1S/C21H23ClFN5O3/c1-3-18(29)12-9-26(2)20(30)19-14-11-27(7-6-17(14)25-28(19)10-12)21(31)24-13-4-5-16(23)15(22)8-13/h4-5,8,12H,3,6-7,9-11H2,1-2H3,(H,24,31). The summed E-state index contributed by atoms with van der Waals surface area (Å²) in [5, 5.41) is 7.24. The second-order valence-corrected chi connectivity index (χ2v) is 8.30. The van der Waals surface area contributed by atoms with Crippen molar-refractivity contribution in [2.75, 3.05) is 25.5 Å². The van der Waals surface area contributed by atoms with Crippen molar-refractivity contribution in [2.45, 2.75) is 32.9 Å². The highest BCUT2D eigenvalue weighted by Gasteiger charge is 2.36. The molecule has 8 nitrogen and oxygen atoms in total. The summed E-state index contributed by atoms with van der Waals surface area (Å²) < 4.78 is 15.0. The summed E-state index contributed by atoms with van der Waals surface area (Å²) in [6.07, 6.45) is 0.903. The summed E-state index contributed by atoms with van der Waals surface area (Å²) in [5.41, 5.74) is 2.30. The van der Waals surface area contributed by atoms with E-state index in [1.54, 1.807) is 21.5 Å². The number of aromatic nitrogens is 2. The number of Topliss-reactive ketones (excluding diaryl/α,β-unsaturated/α-hetero) is 1. The van der Waals surface area contributed by atoms with Gasteiger partial charge in [-0.2, -0.15) is 5.10 Å². The normalized spacial score (nSPS) is 18.3. The van der Waals surface area contributed by atoms with Crippen molar-refractivity contribution in [3.8, 4) is 0 Å². The number of halogens is 2. The molecule has 1 aromatic carbocycles. The van der Waals surface area contributed by atoms with Gasteiger partial charge in [-0.05, 0) is 18.2 Å². The summed E-state index contributed by atoms with van der Waals surface area (Å²) in [7, 11) is 1.68. The Kier molecular flexibility index (Phi) is 5.70. The maximum absolute atomic E-state index is 13.4. The van der Waals surface area contributed by atoms with Crippen LogP contribution < -0.4 is 5.32 Å². The van der Waals surface area contributed by atoms with Crippen molar-refractivity contribution in [1.29, 1.82) is 0 Å². The van der Waals surface area contributed by atoms with Crippen LogP contribution in [-0.2, 0) is 24.3 Å². The van der Waals surface area contributed by atoms with Crippen molar-refractivity contribution in [3.05, 3.63) is 46.0 Å². The van der Waals surface area contributed by atoms with Gasteiger partial charge in [0.1, 0.15) is 17.3 Å². The molecule has 3 heterocycles. The van der Waals surface area contributed by atoms with E-state index in [4.69, 9.17) is 11.6 Å². The van der Waals surface area contributed by atoms with Crippen LogP contribution in [0.25, 0.3) is 0 Å². The number of urea groups is 1. The fourth-order valence-corrected chi connectivity index (χ4v) is 4.28. The van der Waals surface area contributed by atoms with Crippen LogP contribution in [-0.4, -0.2) is 57.4 Å². The second-order valence-electron chi connectivity index (χ2n) is 7.89. The minimum absolute atomic E-state index is 0.0782. The molecular formula is C21H23ClFN5O3. The van der Waals surface area contributed by atoms with Crippen LogP contribution in [0.4, 0.5) is 14.9 Å². The average Bonchev–Trinajstić information content (AvgIpc) is 3.05. The molecule has 3 amide bonds. The van der Waals surface area contributed by atoms with E-state index in [-0.39, 0.29) is 35.2 Å². The molecule has 4 rings (SSSR count). The molecule has 0 saturated carbocycles. The third-order valence-electron chi connectivity index (χ3n) is 5.80.